The van der Waals surface area contributed by atoms with Gasteiger partial charge in [0.15, 0.2) is 6.73 Å². The molecule has 0 fully saturated rings. The topological polar surface area (TPSA) is 83.2 Å². The van der Waals surface area contributed by atoms with E-state index < -0.39 is 0 Å². The lowest BCUT2D eigenvalue weighted by Crippen LogP contribution is -2.27. The summed E-state index contributed by atoms with van der Waals surface area (Å²) in [5, 5.41) is 11.6. The third kappa shape index (κ3) is 4.66. The molecule has 8 heteroatoms. The zero-order valence-corrected chi connectivity index (χ0v) is 15.6. The van der Waals surface area contributed by atoms with Crippen LogP contribution in [0.1, 0.15) is 36.1 Å². The first-order chi connectivity index (χ1) is 13.1. The highest BCUT2D eigenvalue weighted by Gasteiger charge is 2.15. The molecule has 0 aliphatic heterocycles. The van der Waals surface area contributed by atoms with Crippen molar-refractivity contribution in [2.75, 3.05) is 7.11 Å². The number of carbonyl (C=O) groups excluding carboxylic acids is 1. The lowest BCUT2D eigenvalue weighted by atomic mass is 10.2. The molecule has 0 aliphatic rings. The highest BCUT2D eigenvalue weighted by molar-refractivity contribution is 5.92. The molecule has 0 spiro atoms. The first-order valence-electron chi connectivity index (χ1n) is 8.73. The number of benzene rings is 1. The second-order valence-electron chi connectivity index (χ2n) is 5.98. The fourth-order valence-electron chi connectivity index (χ4n) is 2.50. The number of ether oxygens (including phenoxy) is 2. The summed E-state index contributed by atoms with van der Waals surface area (Å²) in [6.07, 6.45) is 3.60. The molecular formula is C19H23N5O3. The third-order valence-corrected chi connectivity index (χ3v) is 4.07. The lowest BCUT2D eigenvalue weighted by Gasteiger charge is -2.10. The van der Waals surface area contributed by atoms with Crippen LogP contribution >= 0.6 is 0 Å². The molecule has 1 N–H and O–H groups in total. The number of methoxy groups -OCH3 is 1. The van der Waals surface area contributed by atoms with Crippen molar-refractivity contribution in [1.82, 2.24) is 24.9 Å². The standard InChI is InChI=1S/C19H23N5O3/c1-4-23-11-9-17(21-23)14(2)20-19(25)18-10-12-24(22-18)13-27-16-7-5-15(26-3)6-8-16/h5-12,14H,4,13H2,1-3H3,(H,20,25). The number of hydrogen-bond donors (Lipinski definition) is 1. The summed E-state index contributed by atoms with van der Waals surface area (Å²) in [6.45, 7) is 4.90. The van der Waals surface area contributed by atoms with E-state index in [2.05, 4.69) is 15.5 Å². The molecule has 1 aromatic carbocycles. The normalized spacial score (nSPS) is 11.8. The summed E-state index contributed by atoms with van der Waals surface area (Å²) in [7, 11) is 1.61. The van der Waals surface area contributed by atoms with Crippen molar-refractivity contribution in [2.24, 2.45) is 0 Å². The number of aromatic nitrogens is 4. The molecule has 0 saturated carbocycles. The fourth-order valence-corrected chi connectivity index (χ4v) is 2.50. The monoisotopic (exact) mass is 369 g/mol. The van der Waals surface area contributed by atoms with Crippen LogP contribution in [0.15, 0.2) is 48.8 Å². The van der Waals surface area contributed by atoms with Gasteiger partial charge in [0.1, 0.15) is 17.2 Å². The molecule has 0 radical (unpaired) electrons. The van der Waals surface area contributed by atoms with Gasteiger partial charge in [-0.1, -0.05) is 0 Å². The number of carbonyl (C=O) groups is 1. The fraction of sp³-hybridized carbons (Fsp3) is 0.316. The largest absolute Gasteiger partial charge is 0.497 e. The Labute approximate surface area is 157 Å². The van der Waals surface area contributed by atoms with Gasteiger partial charge in [-0.25, -0.2) is 4.68 Å². The van der Waals surface area contributed by atoms with Gasteiger partial charge in [0.05, 0.1) is 18.8 Å². The number of nitrogens with zero attached hydrogens (tertiary/aromatic N) is 4. The molecule has 0 bridgehead atoms. The molecule has 3 aromatic rings. The van der Waals surface area contributed by atoms with Gasteiger partial charge in [0.25, 0.3) is 5.91 Å². The molecule has 27 heavy (non-hydrogen) atoms. The van der Waals surface area contributed by atoms with Crippen molar-refractivity contribution in [3.63, 3.8) is 0 Å². The SMILES string of the molecule is CCn1ccc(C(C)NC(=O)c2ccn(COc3ccc(OC)cc3)n2)n1. The van der Waals surface area contributed by atoms with Gasteiger partial charge in [-0.05, 0) is 50.2 Å². The first-order valence-corrected chi connectivity index (χ1v) is 8.73. The molecular weight excluding hydrogens is 346 g/mol. The van der Waals surface area contributed by atoms with Crippen LogP contribution < -0.4 is 14.8 Å². The zero-order chi connectivity index (χ0) is 19.2. The Kier molecular flexibility index (Phi) is 5.75. The summed E-state index contributed by atoms with van der Waals surface area (Å²) in [5.41, 5.74) is 1.14. The molecule has 8 nitrogen and oxygen atoms in total. The van der Waals surface area contributed by atoms with E-state index in [-0.39, 0.29) is 18.7 Å². The van der Waals surface area contributed by atoms with E-state index >= 15 is 0 Å². The van der Waals surface area contributed by atoms with Crippen LogP contribution in [-0.2, 0) is 13.3 Å². The maximum atomic E-state index is 12.4. The summed E-state index contributed by atoms with van der Waals surface area (Å²) in [5.74, 6) is 1.20. The van der Waals surface area contributed by atoms with Crippen LogP contribution in [0.3, 0.4) is 0 Å². The maximum Gasteiger partial charge on any atom is 0.272 e. The number of hydrogen-bond acceptors (Lipinski definition) is 5. The Hall–Kier alpha value is -3.29. The van der Waals surface area contributed by atoms with Gasteiger partial charge in [-0.15, -0.1) is 0 Å². The molecule has 1 unspecified atom stereocenters. The van der Waals surface area contributed by atoms with Gasteiger partial charge in [0, 0.05) is 18.9 Å². The average Bonchev–Trinajstić information content (AvgIpc) is 3.36. The van der Waals surface area contributed by atoms with Crippen molar-refractivity contribution in [3.05, 3.63) is 60.2 Å². The summed E-state index contributed by atoms with van der Waals surface area (Å²) >= 11 is 0. The van der Waals surface area contributed by atoms with Crippen LogP contribution in [0.5, 0.6) is 11.5 Å². The molecule has 0 aliphatic carbocycles. The van der Waals surface area contributed by atoms with Crippen molar-refractivity contribution in [1.29, 1.82) is 0 Å². The van der Waals surface area contributed by atoms with E-state index in [0.717, 1.165) is 18.0 Å². The van der Waals surface area contributed by atoms with Crippen molar-refractivity contribution in [3.8, 4) is 11.5 Å². The van der Waals surface area contributed by atoms with Gasteiger partial charge < -0.3 is 14.8 Å². The Morgan fingerprint density at radius 2 is 1.78 bits per heavy atom. The summed E-state index contributed by atoms with van der Waals surface area (Å²) in [6, 6.07) is 10.6. The van der Waals surface area contributed by atoms with Gasteiger partial charge in [-0.2, -0.15) is 10.2 Å². The zero-order valence-electron chi connectivity index (χ0n) is 15.6. The Morgan fingerprint density at radius 3 is 2.44 bits per heavy atom. The van der Waals surface area contributed by atoms with E-state index in [0.29, 0.717) is 11.4 Å². The van der Waals surface area contributed by atoms with Crippen LogP contribution in [0.2, 0.25) is 0 Å². The predicted molar refractivity (Wildman–Crippen MR) is 99.6 cm³/mol. The van der Waals surface area contributed by atoms with Crippen LogP contribution in [0.4, 0.5) is 0 Å². The minimum absolute atomic E-state index is 0.203. The molecule has 2 heterocycles. The Bertz CT molecular complexity index is 885. The Balaban J connectivity index is 1.55. The van der Waals surface area contributed by atoms with Crippen molar-refractivity contribution >= 4 is 5.91 Å². The van der Waals surface area contributed by atoms with E-state index in [1.54, 1.807) is 24.1 Å². The highest BCUT2D eigenvalue weighted by Crippen LogP contribution is 2.17. The Morgan fingerprint density at radius 1 is 1.07 bits per heavy atom. The molecule has 2 aromatic heterocycles. The molecule has 0 saturated heterocycles. The first kappa shape index (κ1) is 18.5. The van der Waals surface area contributed by atoms with Gasteiger partial charge in [0.2, 0.25) is 0 Å². The molecule has 3 rings (SSSR count). The quantitative estimate of drug-likeness (QED) is 0.660. The minimum Gasteiger partial charge on any atom is -0.497 e. The molecule has 142 valence electrons. The number of rotatable bonds is 8. The number of amides is 1. The van der Waals surface area contributed by atoms with Crippen LogP contribution in [0, 0.1) is 0 Å². The van der Waals surface area contributed by atoms with Crippen molar-refractivity contribution in [2.45, 2.75) is 33.2 Å². The summed E-state index contributed by atoms with van der Waals surface area (Å²) < 4.78 is 14.1. The average molecular weight is 369 g/mol. The third-order valence-electron chi connectivity index (χ3n) is 4.07. The molecule has 1 atom stereocenters. The number of nitrogens with one attached hydrogen (secondary N) is 1. The predicted octanol–water partition coefficient (Wildman–Crippen LogP) is 2.64. The van der Waals surface area contributed by atoms with E-state index in [4.69, 9.17) is 9.47 Å². The minimum atomic E-state index is -0.253. The highest BCUT2D eigenvalue weighted by atomic mass is 16.5. The maximum absolute atomic E-state index is 12.4. The van der Waals surface area contributed by atoms with Gasteiger partial charge in [-0.3, -0.25) is 9.48 Å². The van der Waals surface area contributed by atoms with E-state index in [9.17, 15) is 4.79 Å². The number of aryl methyl sites for hydroxylation is 1. The smallest absolute Gasteiger partial charge is 0.272 e. The molecule has 1 amide bonds. The van der Waals surface area contributed by atoms with E-state index in [1.807, 2.05) is 55.1 Å². The van der Waals surface area contributed by atoms with Crippen LogP contribution in [-0.4, -0.2) is 32.6 Å². The summed E-state index contributed by atoms with van der Waals surface area (Å²) in [4.78, 5) is 12.4. The van der Waals surface area contributed by atoms with Crippen molar-refractivity contribution < 1.29 is 14.3 Å². The second kappa shape index (κ2) is 8.39. The van der Waals surface area contributed by atoms with Crippen LogP contribution in [0.25, 0.3) is 0 Å². The lowest BCUT2D eigenvalue weighted by molar-refractivity contribution is 0.0932. The second-order valence-corrected chi connectivity index (χ2v) is 5.98. The van der Waals surface area contributed by atoms with E-state index in [1.165, 1.54) is 0 Å². The van der Waals surface area contributed by atoms with Gasteiger partial charge >= 0.3 is 0 Å².